The fourth-order valence-electron chi connectivity index (χ4n) is 1.98. The van der Waals surface area contributed by atoms with E-state index in [1.54, 1.807) is 11.3 Å². The molecule has 1 aliphatic heterocycles. The van der Waals surface area contributed by atoms with Crippen LogP contribution < -0.4 is 0 Å². The molecule has 0 spiro atoms. The van der Waals surface area contributed by atoms with Crippen molar-refractivity contribution in [2.75, 3.05) is 13.1 Å². The number of likely N-dealkylation sites (tertiary alicyclic amines) is 1. The molecular formula is C14H21NO2S2. The van der Waals surface area contributed by atoms with Crippen molar-refractivity contribution in [2.24, 2.45) is 0 Å². The summed E-state index contributed by atoms with van der Waals surface area (Å²) < 4.78 is 6.77. The van der Waals surface area contributed by atoms with Gasteiger partial charge in [-0.2, -0.15) is 0 Å². The molecule has 1 aromatic rings. The number of hydrogen-bond acceptors (Lipinski definition) is 4. The molecule has 2 heterocycles. The van der Waals surface area contributed by atoms with Gasteiger partial charge in [0.05, 0.1) is 4.21 Å². The molecule has 19 heavy (non-hydrogen) atoms. The van der Waals surface area contributed by atoms with Crippen molar-refractivity contribution >= 4 is 29.2 Å². The summed E-state index contributed by atoms with van der Waals surface area (Å²) >= 11 is 3.73. The number of hydrogen-bond donors (Lipinski definition) is 0. The number of ether oxygens (including phenoxy) is 1. The number of amides is 1. The van der Waals surface area contributed by atoms with Gasteiger partial charge in [-0.1, -0.05) is 6.07 Å². The Kier molecular flexibility index (Phi) is 4.79. The maximum atomic E-state index is 11.9. The summed E-state index contributed by atoms with van der Waals surface area (Å²) in [6.07, 6.45) is 1.91. The number of thioether (sulfide) groups is 1. The number of rotatable bonds is 2. The van der Waals surface area contributed by atoms with Gasteiger partial charge >= 0.3 is 6.09 Å². The van der Waals surface area contributed by atoms with Crippen LogP contribution in [0.4, 0.5) is 4.79 Å². The lowest BCUT2D eigenvalue weighted by Crippen LogP contribution is -2.42. The van der Waals surface area contributed by atoms with Gasteiger partial charge in [0.2, 0.25) is 0 Å². The van der Waals surface area contributed by atoms with Gasteiger partial charge in [-0.25, -0.2) is 4.79 Å². The second-order valence-corrected chi connectivity index (χ2v) is 8.26. The largest absolute Gasteiger partial charge is 0.444 e. The van der Waals surface area contributed by atoms with Gasteiger partial charge in [-0.3, -0.25) is 0 Å². The summed E-state index contributed by atoms with van der Waals surface area (Å²) in [6, 6.07) is 4.25. The molecule has 1 aliphatic rings. The maximum absolute atomic E-state index is 11.9. The third kappa shape index (κ3) is 4.73. The molecule has 2 rings (SSSR count). The minimum atomic E-state index is -0.403. The lowest BCUT2D eigenvalue weighted by atomic mass is 10.1. The van der Waals surface area contributed by atoms with Crippen molar-refractivity contribution in [1.29, 1.82) is 0 Å². The quantitative estimate of drug-likeness (QED) is 0.818. The van der Waals surface area contributed by atoms with Gasteiger partial charge in [0.15, 0.2) is 0 Å². The zero-order valence-electron chi connectivity index (χ0n) is 11.7. The Bertz CT molecular complexity index is 404. The fraction of sp³-hybridized carbons (Fsp3) is 0.643. The summed E-state index contributed by atoms with van der Waals surface area (Å²) in [5.74, 6) is 0. The SMILES string of the molecule is CC(C)(C)OC(=O)N1CCC(Sc2cccs2)CC1. The predicted octanol–water partition coefficient (Wildman–Crippen LogP) is 4.24. The van der Waals surface area contributed by atoms with Crippen LogP contribution in [0.1, 0.15) is 33.6 Å². The van der Waals surface area contributed by atoms with Crippen LogP contribution in [0.25, 0.3) is 0 Å². The molecule has 3 nitrogen and oxygen atoms in total. The van der Waals surface area contributed by atoms with Gasteiger partial charge in [0.25, 0.3) is 0 Å². The minimum Gasteiger partial charge on any atom is -0.444 e. The van der Waals surface area contributed by atoms with Crippen LogP contribution >= 0.6 is 23.1 Å². The summed E-state index contributed by atoms with van der Waals surface area (Å²) in [7, 11) is 0. The Hall–Kier alpha value is -0.680. The van der Waals surface area contributed by atoms with Gasteiger partial charge in [0, 0.05) is 18.3 Å². The molecule has 0 bridgehead atoms. The lowest BCUT2D eigenvalue weighted by molar-refractivity contribution is 0.0219. The number of piperidine rings is 1. The fourth-order valence-corrected chi connectivity index (χ4v) is 4.16. The number of thiophene rings is 1. The van der Waals surface area contributed by atoms with Crippen LogP contribution in [0.3, 0.4) is 0 Å². The van der Waals surface area contributed by atoms with Crippen molar-refractivity contribution in [2.45, 2.75) is 48.7 Å². The number of nitrogens with zero attached hydrogens (tertiary/aromatic N) is 1. The summed E-state index contributed by atoms with van der Waals surface area (Å²) in [5.41, 5.74) is -0.403. The minimum absolute atomic E-state index is 0.174. The molecule has 5 heteroatoms. The third-order valence-electron chi connectivity index (χ3n) is 2.87. The van der Waals surface area contributed by atoms with Crippen molar-refractivity contribution < 1.29 is 9.53 Å². The molecule has 0 aromatic carbocycles. The van der Waals surface area contributed by atoms with E-state index < -0.39 is 5.60 Å². The van der Waals surface area contributed by atoms with Gasteiger partial charge < -0.3 is 9.64 Å². The van der Waals surface area contributed by atoms with Crippen LogP contribution in [0, 0.1) is 0 Å². The first-order chi connectivity index (χ1) is 8.94. The van der Waals surface area contributed by atoms with Crippen molar-refractivity contribution in [3.8, 4) is 0 Å². The normalized spacial score (nSPS) is 17.5. The first kappa shape index (κ1) is 14.7. The predicted molar refractivity (Wildman–Crippen MR) is 81.0 cm³/mol. The zero-order chi connectivity index (χ0) is 13.9. The van der Waals surface area contributed by atoms with E-state index in [9.17, 15) is 4.79 Å². The lowest BCUT2D eigenvalue weighted by Gasteiger charge is -2.33. The Balaban J connectivity index is 1.77. The van der Waals surface area contributed by atoms with Crippen LogP contribution in [0.15, 0.2) is 21.7 Å². The average Bonchev–Trinajstić information content (AvgIpc) is 2.80. The second kappa shape index (κ2) is 6.18. The van der Waals surface area contributed by atoms with E-state index in [2.05, 4.69) is 17.5 Å². The summed E-state index contributed by atoms with van der Waals surface area (Å²) in [6.45, 7) is 7.33. The molecule has 0 N–H and O–H groups in total. The molecule has 0 aliphatic carbocycles. The molecule has 1 aromatic heterocycles. The molecule has 1 amide bonds. The zero-order valence-corrected chi connectivity index (χ0v) is 13.4. The van der Waals surface area contributed by atoms with Crippen LogP contribution in [0.2, 0.25) is 0 Å². The smallest absolute Gasteiger partial charge is 0.410 e. The van der Waals surface area contributed by atoms with Gasteiger partial charge in [-0.15, -0.1) is 23.1 Å². The maximum Gasteiger partial charge on any atom is 0.410 e. The molecule has 0 saturated carbocycles. The van der Waals surface area contributed by atoms with Crippen LogP contribution in [-0.2, 0) is 4.74 Å². The molecule has 106 valence electrons. The highest BCUT2D eigenvalue weighted by Crippen LogP contribution is 2.33. The summed E-state index contributed by atoms with van der Waals surface area (Å²) in [4.78, 5) is 13.8. The molecule has 0 unspecified atom stereocenters. The van der Waals surface area contributed by atoms with Gasteiger partial charge in [0.1, 0.15) is 5.60 Å². The molecule has 1 fully saturated rings. The third-order valence-corrected chi connectivity index (χ3v) is 5.28. The van der Waals surface area contributed by atoms with E-state index >= 15 is 0 Å². The number of carbonyl (C=O) groups excluding carboxylic acids is 1. The monoisotopic (exact) mass is 299 g/mol. The number of carbonyl (C=O) groups is 1. The highest BCUT2D eigenvalue weighted by atomic mass is 32.2. The Morgan fingerprint density at radius 3 is 2.63 bits per heavy atom. The highest BCUT2D eigenvalue weighted by Gasteiger charge is 2.27. The van der Waals surface area contributed by atoms with E-state index in [4.69, 9.17) is 4.74 Å². The van der Waals surface area contributed by atoms with Gasteiger partial charge in [-0.05, 0) is 45.1 Å². The van der Waals surface area contributed by atoms with E-state index in [0.717, 1.165) is 25.9 Å². The Morgan fingerprint density at radius 1 is 1.42 bits per heavy atom. The molecule has 0 atom stereocenters. The van der Waals surface area contributed by atoms with Crippen molar-refractivity contribution in [3.63, 3.8) is 0 Å². The topological polar surface area (TPSA) is 29.5 Å². The van der Waals surface area contributed by atoms with E-state index in [1.807, 2.05) is 37.4 Å². The highest BCUT2D eigenvalue weighted by molar-refractivity contribution is 8.01. The average molecular weight is 299 g/mol. The van der Waals surface area contributed by atoms with Crippen LogP contribution in [-0.4, -0.2) is 34.9 Å². The second-order valence-electron chi connectivity index (χ2n) is 5.72. The van der Waals surface area contributed by atoms with Crippen molar-refractivity contribution in [3.05, 3.63) is 17.5 Å². The molecule has 1 saturated heterocycles. The first-order valence-corrected chi connectivity index (χ1v) is 8.38. The van der Waals surface area contributed by atoms with Crippen molar-refractivity contribution in [1.82, 2.24) is 4.90 Å². The first-order valence-electron chi connectivity index (χ1n) is 6.62. The van der Waals surface area contributed by atoms with E-state index in [0.29, 0.717) is 5.25 Å². The standard InChI is InChI=1S/C14H21NO2S2/c1-14(2,3)17-13(16)15-8-6-11(7-9-15)19-12-5-4-10-18-12/h4-5,10-11H,6-9H2,1-3H3. The van der Waals surface area contributed by atoms with E-state index in [-0.39, 0.29) is 6.09 Å². The van der Waals surface area contributed by atoms with E-state index in [1.165, 1.54) is 4.21 Å². The molecular weight excluding hydrogens is 278 g/mol. The van der Waals surface area contributed by atoms with Crippen LogP contribution in [0.5, 0.6) is 0 Å². The Labute approximate surface area is 123 Å². The summed E-state index contributed by atoms with van der Waals surface area (Å²) in [5, 5.41) is 2.73. The Morgan fingerprint density at radius 2 is 2.11 bits per heavy atom. The molecule has 0 radical (unpaired) electrons.